The summed E-state index contributed by atoms with van der Waals surface area (Å²) in [6.45, 7) is 0.151. The van der Waals surface area contributed by atoms with Gasteiger partial charge >= 0.3 is 0 Å². The summed E-state index contributed by atoms with van der Waals surface area (Å²) >= 11 is 5.91. The monoisotopic (exact) mass is 444 g/mol. The Hall–Kier alpha value is -2.49. The van der Waals surface area contributed by atoms with Crippen LogP contribution in [0.3, 0.4) is 0 Å². The lowest BCUT2D eigenvalue weighted by Crippen LogP contribution is -2.14. The average Bonchev–Trinajstić information content (AvgIpc) is 3.00. The standard InChI is InChI=1S/C19H16ClF3N2O3S/c1-24-9-11-10-25(29(26,27)14-5-3-4-12(20)6-14)18(19(11)28-2)17-15(22)7-13(21)8-16(17)23/h3-8,10,24H,9H2,1-2H3. The van der Waals surface area contributed by atoms with E-state index in [1.54, 1.807) is 7.05 Å². The van der Waals surface area contributed by atoms with E-state index in [9.17, 15) is 21.6 Å². The van der Waals surface area contributed by atoms with Crippen LogP contribution in [0.4, 0.5) is 13.2 Å². The van der Waals surface area contributed by atoms with Gasteiger partial charge in [-0.1, -0.05) is 17.7 Å². The maximum atomic E-state index is 14.6. The molecule has 1 aromatic heterocycles. The van der Waals surface area contributed by atoms with E-state index in [0.29, 0.717) is 21.7 Å². The summed E-state index contributed by atoms with van der Waals surface area (Å²) in [5, 5.41) is 3.00. The molecule has 0 aliphatic heterocycles. The van der Waals surface area contributed by atoms with Gasteiger partial charge in [0.1, 0.15) is 28.9 Å². The molecule has 0 fully saturated rings. The third-order valence-corrected chi connectivity index (χ3v) is 6.06. The average molecular weight is 445 g/mol. The zero-order chi connectivity index (χ0) is 21.3. The molecule has 154 valence electrons. The van der Waals surface area contributed by atoms with Gasteiger partial charge in [0, 0.05) is 35.5 Å². The predicted molar refractivity (Wildman–Crippen MR) is 103 cm³/mol. The summed E-state index contributed by atoms with van der Waals surface area (Å²) in [4.78, 5) is -0.192. The molecule has 0 aliphatic rings. The molecule has 0 bridgehead atoms. The molecule has 0 amide bonds. The summed E-state index contributed by atoms with van der Waals surface area (Å²) in [5.41, 5.74) is -0.789. The van der Waals surface area contributed by atoms with E-state index in [1.165, 1.54) is 37.6 Å². The second-order valence-corrected chi connectivity index (χ2v) is 8.32. The van der Waals surface area contributed by atoms with Crippen molar-refractivity contribution < 1.29 is 26.3 Å². The topological polar surface area (TPSA) is 60.3 Å². The Kier molecular flexibility index (Phi) is 5.92. The highest BCUT2D eigenvalue weighted by Crippen LogP contribution is 2.40. The van der Waals surface area contributed by atoms with Crippen molar-refractivity contribution in [1.29, 1.82) is 0 Å². The van der Waals surface area contributed by atoms with Crippen molar-refractivity contribution in [2.75, 3.05) is 14.2 Å². The van der Waals surface area contributed by atoms with Gasteiger partial charge in [-0.3, -0.25) is 0 Å². The molecule has 0 spiro atoms. The minimum atomic E-state index is -4.32. The zero-order valence-corrected chi connectivity index (χ0v) is 16.9. The molecular formula is C19H16ClF3N2O3S. The van der Waals surface area contributed by atoms with Gasteiger partial charge in [0.25, 0.3) is 10.0 Å². The molecule has 3 aromatic rings. The third-order valence-electron chi connectivity index (χ3n) is 4.17. The predicted octanol–water partition coefficient (Wildman–Crippen LogP) is 4.19. The number of ether oxygens (including phenoxy) is 1. The van der Waals surface area contributed by atoms with Crippen LogP contribution in [0, 0.1) is 17.5 Å². The molecule has 10 heteroatoms. The van der Waals surface area contributed by atoms with Gasteiger partial charge in [-0.05, 0) is 25.2 Å². The van der Waals surface area contributed by atoms with Gasteiger partial charge in [-0.25, -0.2) is 25.6 Å². The highest BCUT2D eigenvalue weighted by atomic mass is 35.5. The molecule has 0 aliphatic carbocycles. The number of halogens is 4. The summed E-state index contributed by atoms with van der Waals surface area (Å²) in [6, 6.07) is 6.37. The summed E-state index contributed by atoms with van der Waals surface area (Å²) < 4.78 is 75.1. The van der Waals surface area contributed by atoms with Gasteiger partial charge in [-0.15, -0.1) is 0 Å². The Morgan fingerprint density at radius 1 is 1.14 bits per heavy atom. The fourth-order valence-corrected chi connectivity index (χ4v) is 4.67. The van der Waals surface area contributed by atoms with Crippen molar-refractivity contribution in [3.05, 3.63) is 70.6 Å². The minimum absolute atomic E-state index is 0.0608. The highest BCUT2D eigenvalue weighted by Gasteiger charge is 2.30. The second kappa shape index (κ2) is 8.10. The van der Waals surface area contributed by atoms with Gasteiger partial charge in [0.2, 0.25) is 0 Å². The molecular weight excluding hydrogens is 429 g/mol. The van der Waals surface area contributed by atoms with E-state index >= 15 is 0 Å². The molecule has 2 aromatic carbocycles. The smallest absolute Gasteiger partial charge is 0.268 e. The Morgan fingerprint density at radius 2 is 1.79 bits per heavy atom. The van der Waals surface area contributed by atoms with Gasteiger partial charge in [-0.2, -0.15) is 0 Å². The summed E-state index contributed by atoms with van der Waals surface area (Å²) in [5.74, 6) is -3.72. The fourth-order valence-electron chi connectivity index (χ4n) is 2.98. The van der Waals surface area contributed by atoms with E-state index in [0.717, 1.165) is 0 Å². The van der Waals surface area contributed by atoms with Crippen LogP contribution >= 0.6 is 11.6 Å². The van der Waals surface area contributed by atoms with Crippen molar-refractivity contribution >= 4 is 21.6 Å². The van der Waals surface area contributed by atoms with E-state index in [1.807, 2.05) is 0 Å². The van der Waals surface area contributed by atoms with E-state index in [2.05, 4.69) is 5.32 Å². The number of methoxy groups -OCH3 is 1. The molecule has 0 saturated heterocycles. The molecule has 29 heavy (non-hydrogen) atoms. The first kappa shape index (κ1) is 21.2. The Labute approximate surface area is 170 Å². The van der Waals surface area contributed by atoms with Crippen LogP contribution in [0.2, 0.25) is 5.02 Å². The van der Waals surface area contributed by atoms with Crippen LogP contribution in [0.5, 0.6) is 5.75 Å². The van der Waals surface area contributed by atoms with Crippen molar-refractivity contribution in [3.8, 4) is 17.0 Å². The van der Waals surface area contributed by atoms with Gasteiger partial charge < -0.3 is 10.1 Å². The van der Waals surface area contributed by atoms with E-state index < -0.39 is 38.7 Å². The lowest BCUT2D eigenvalue weighted by atomic mass is 10.1. The van der Waals surface area contributed by atoms with Crippen LogP contribution in [-0.2, 0) is 16.6 Å². The molecule has 0 atom stereocenters. The number of hydrogen-bond donors (Lipinski definition) is 1. The first-order valence-corrected chi connectivity index (χ1v) is 10.1. The minimum Gasteiger partial charge on any atom is -0.494 e. The quantitative estimate of drug-likeness (QED) is 0.619. The second-order valence-electron chi connectivity index (χ2n) is 6.07. The normalized spacial score (nSPS) is 11.7. The van der Waals surface area contributed by atoms with Crippen LogP contribution in [0.1, 0.15) is 5.56 Å². The number of benzene rings is 2. The van der Waals surface area contributed by atoms with Crippen molar-refractivity contribution in [2.45, 2.75) is 11.4 Å². The van der Waals surface area contributed by atoms with Crippen molar-refractivity contribution in [1.82, 2.24) is 9.29 Å². The molecule has 0 saturated carbocycles. The first-order valence-electron chi connectivity index (χ1n) is 8.29. The lowest BCUT2D eigenvalue weighted by molar-refractivity contribution is 0.410. The molecule has 0 unspecified atom stereocenters. The van der Waals surface area contributed by atoms with Crippen LogP contribution in [-0.4, -0.2) is 26.5 Å². The number of nitrogens with one attached hydrogen (secondary N) is 1. The van der Waals surface area contributed by atoms with Gasteiger partial charge in [0.15, 0.2) is 0 Å². The molecule has 1 N–H and O–H groups in total. The molecule has 0 radical (unpaired) electrons. The maximum Gasteiger partial charge on any atom is 0.268 e. The van der Waals surface area contributed by atoms with Crippen LogP contribution < -0.4 is 10.1 Å². The number of hydrogen-bond acceptors (Lipinski definition) is 4. The van der Waals surface area contributed by atoms with Gasteiger partial charge in [0.05, 0.1) is 17.6 Å². The largest absolute Gasteiger partial charge is 0.494 e. The van der Waals surface area contributed by atoms with Crippen LogP contribution in [0.15, 0.2) is 47.5 Å². The van der Waals surface area contributed by atoms with E-state index in [-0.39, 0.29) is 22.2 Å². The highest BCUT2D eigenvalue weighted by molar-refractivity contribution is 7.90. The Balaban J connectivity index is 2.40. The molecule has 5 nitrogen and oxygen atoms in total. The third kappa shape index (κ3) is 3.85. The molecule has 1 heterocycles. The van der Waals surface area contributed by atoms with E-state index in [4.69, 9.17) is 16.3 Å². The SMILES string of the molecule is CNCc1cn(S(=O)(=O)c2cccc(Cl)c2)c(-c2c(F)cc(F)cc2F)c1OC. The maximum absolute atomic E-state index is 14.6. The Morgan fingerprint density at radius 3 is 2.34 bits per heavy atom. The fraction of sp³-hybridized carbons (Fsp3) is 0.158. The Bertz CT molecular complexity index is 1160. The van der Waals surface area contributed by atoms with Crippen LogP contribution in [0.25, 0.3) is 11.3 Å². The summed E-state index contributed by atoms with van der Waals surface area (Å²) in [6.07, 6.45) is 1.20. The lowest BCUT2D eigenvalue weighted by Gasteiger charge is -2.14. The number of aromatic nitrogens is 1. The molecule has 3 rings (SSSR count). The number of rotatable bonds is 6. The summed E-state index contributed by atoms with van der Waals surface area (Å²) in [7, 11) is -1.46. The van der Waals surface area contributed by atoms with Crippen molar-refractivity contribution in [2.24, 2.45) is 0 Å². The zero-order valence-electron chi connectivity index (χ0n) is 15.3. The van der Waals surface area contributed by atoms with Crippen molar-refractivity contribution in [3.63, 3.8) is 0 Å². The number of nitrogens with zero attached hydrogens (tertiary/aromatic N) is 1. The first-order chi connectivity index (χ1) is 13.7.